The summed E-state index contributed by atoms with van der Waals surface area (Å²) in [5.41, 5.74) is 0.665. The zero-order valence-corrected chi connectivity index (χ0v) is 12.6. The molecule has 0 saturated carbocycles. The predicted molar refractivity (Wildman–Crippen MR) is 81.5 cm³/mol. The summed E-state index contributed by atoms with van der Waals surface area (Å²) in [5, 5.41) is 9.11. The summed E-state index contributed by atoms with van der Waals surface area (Å²) in [7, 11) is 0. The minimum Gasteiger partial charge on any atom is -0.481 e. The highest BCUT2D eigenvalue weighted by Crippen LogP contribution is 2.23. The maximum absolute atomic E-state index is 12.2. The second-order valence-electron chi connectivity index (χ2n) is 4.80. The van der Waals surface area contributed by atoms with Gasteiger partial charge in [-0.05, 0) is 25.5 Å². The fourth-order valence-corrected chi connectivity index (χ4v) is 2.21. The van der Waals surface area contributed by atoms with E-state index in [1.807, 2.05) is 25.1 Å². The number of carbonyl (C=O) groups excluding carboxylic acids is 1. The van der Waals surface area contributed by atoms with Gasteiger partial charge in [-0.15, -0.1) is 0 Å². The molecule has 1 aromatic rings. The van der Waals surface area contributed by atoms with Gasteiger partial charge in [-0.25, -0.2) is 4.79 Å². The van der Waals surface area contributed by atoms with Gasteiger partial charge in [-0.2, -0.15) is 0 Å². The molecule has 116 valence electrons. The minimum atomic E-state index is -0.915. The van der Waals surface area contributed by atoms with Crippen molar-refractivity contribution in [2.45, 2.75) is 45.6 Å². The first-order valence-corrected chi connectivity index (χ1v) is 7.33. The molecule has 5 heteroatoms. The Kier molecular flexibility index (Phi) is 7.29. The van der Waals surface area contributed by atoms with Crippen LogP contribution in [-0.2, 0) is 9.53 Å². The van der Waals surface area contributed by atoms with E-state index in [2.05, 4.69) is 0 Å². The van der Waals surface area contributed by atoms with Gasteiger partial charge in [0.2, 0.25) is 0 Å². The van der Waals surface area contributed by atoms with Crippen molar-refractivity contribution in [3.8, 4) is 0 Å². The van der Waals surface area contributed by atoms with Crippen LogP contribution in [0, 0.1) is 0 Å². The van der Waals surface area contributed by atoms with Crippen LogP contribution < -0.4 is 4.90 Å². The zero-order valence-electron chi connectivity index (χ0n) is 12.6. The van der Waals surface area contributed by atoms with Crippen molar-refractivity contribution >= 4 is 17.7 Å². The van der Waals surface area contributed by atoms with Gasteiger partial charge < -0.3 is 9.84 Å². The number of benzene rings is 1. The Labute approximate surface area is 125 Å². The van der Waals surface area contributed by atoms with Gasteiger partial charge in [0.1, 0.15) is 0 Å². The number of hydrogen-bond donors (Lipinski definition) is 1. The lowest BCUT2D eigenvalue weighted by atomic mass is 10.0. The molecule has 1 rings (SSSR count). The van der Waals surface area contributed by atoms with Crippen LogP contribution in [0.4, 0.5) is 10.5 Å². The number of hydrogen-bond acceptors (Lipinski definition) is 3. The van der Waals surface area contributed by atoms with E-state index in [9.17, 15) is 9.59 Å². The molecule has 1 atom stereocenters. The summed E-state index contributed by atoms with van der Waals surface area (Å²) in [6.07, 6.45) is 1.86. The molecule has 0 fully saturated rings. The molecule has 1 N–H and O–H groups in total. The van der Waals surface area contributed by atoms with E-state index >= 15 is 0 Å². The Bertz CT molecular complexity index is 447. The van der Waals surface area contributed by atoms with Crippen LogP contribution in [0.2, 0.25) is 0 Å². The topological polar surface area (TPSA) is 66.8 Å². The molecule has 0 saturated heterocycles. The molecule has 0 aliphatic heterocycles. The molecule has 1 unspecified atom stereocenters. The number of unbranched alkanes of at least 4 members (excludes halogenated alkanes) is 1. The molecule has 0 aliphatic rings. The van der Waals surface area contributed by atoms with E-state index in [0.29, 0.717) is 12.1 Å². The summed E-state index contributed by atoms with van der Waals surface area (Å²) < 4.78 is 5.10. The van der Waals surface area contributed by atoms with Crippen LogP contribution in [0.1, 0.15) is 39.5 Å². The van der Waals surface area contributed by atoms with Crippen molar-refractivity contribution in [1.29, 1.82) is 0 Å². The number of rotatable bonds is 8. The Morgan fingerprint density at radius 3 is 2.43 bits per heavy atom. The molecular weight excluding hydrogens is 270 g/mol. The van der Waals surface area contributed by atoms with Gasteiger partial charge in [-0.3, -0.25) is 9.69 Å². The van der Waals surface area contributed by atoms with Gasteiger partial charge in [0.05, 0.1) is 19.1 Å². The minimum absolute atomic E-state index is 0.0896. The number of amides is 1. The molecule has 5 nitrogen and oxygen atoms in total. The summed E-state index contributed by atoms with van der Waals surface area (Å²) in [6, 6.07) is 8.67. The summed E-state index contributed by atoms with van der Waals surface area (Å²) in [4.78, 5) is 24.8. The molecular formula is C16H23NO4. The highest BCUT2D eigenvalue weighted by Gasteiger charge is 2.27. The van der Waals surface area contributed by atoms with Crippen molar-refractivity contribution < 1.29 is 19.4 Å². The Morgan fingerprint density at radius 2 is 1.90 bits per heavy atom. The van der Waals surface area contributed by atoms with Gasteiger partial charge in [0.25, 0.3) is 0 Å². The number of carboxylic acids is 1. The maximum atomic E-state index is 12.2. The fraction of sp³-hybridized carbons (Fsp3) is 0.500. The highest BCUT2D eigenvalue weighted by atomic mass is 16.6. The van der Waals surface area contributed by atoms with E-state index in [4.69, 9.17) is 9.84 Å². The van der Waals surface area contributed by atoms with Gasteiger partial charge in [0.15, 0.2) is 0 Å². The molecule has 0 bridgehead atoms. The summed E-state index contributed by atoms with van der Waals surface area (Å²) >= 11 is 0. The highest BCUT2D eigenvalue weighted by molar-refractivity contribution is 5.89. The number of anilines is 1. The van der Waals surface area contributed by atoms with E-state index in [1.165, 1.54) is 4.90 Å². The monoisotopic (exact) mass is 293 g/mol. The number of carboxylic acid groups (broad SMARTS) is 1. The lowest BCUT2D eigenvalue weighted by molar-refractivity contribution is -0.137. The molecule has 21 heavy (non-hydrogen) atoms. The lowest BCUT2D eigenvalue weighted by Gasteiger charge is -2.30. The standard InChI is InChI=1S/C16H23NO4/c1-3-5-9-14(12-15(18)19)17(16(20)21-4-2)13-10-7-6-8-11-13/h6-8,10-11,14H,3-5,9,12H2,1-2H3,(H,18,19). The number of para-hydroxylation sites is 1. The Morgan fingerprint density at radius 1 is 1.24 bits per heavy atom. The van der Waals surface area contributed by atoms with Crippen LogP contribution in [0.5, 0.6) is 0 Å². The van der Waals surface area contributed by atoms with Gasteiger partial charge >= 0.3 is 12.1 Å². The molecule has 1 amide bonds. The van der Waals surface area contributed by atoms with Crippen molar-refractivity contribution in [1.82, 2.24) is 0 Å². The smallest absolute Gasteiger partial charge is 0.414 e. The number of carbonyl (C=O) groups is 2. The third-order valence-corrected chi connectivity index (χ3v) is 3.17. The van der Waals surface area contributed by atoms with E-state index in [-0.39, 0.29) is 13.0 Å². The fourth-order valence-electron chi connectivity index (χ4n) is 2.21. The van der Waals surface area contributed by atoms with E-state index < -0.39 is 18.1 Å². The van der Waals surface area contributed by atoms with Crippen molar-refractivity contribution in [3.05, 3.63) is 30.3 Å². The Balaban J connectivity index is 3.05. The first-order chi connectivity index (χ1) is 10.1. The molecule has 0 radical (unpaired) electrons. The lowest BCUT2D eigenvalue weighted by Crippen LogP contribution is -2.42. The second-order valence-corrected chi connectivity index (χ2v) is 4.80. The van der Waals surface area contributed by atoms with Crippen LogP contribution in [0.15, 0.2) is 30.3 Å². The first kappa shape index (κ1) is 17.0. The van der Waals surface area contributed by atoms with Crippen molar-refractivity contribution in [2.75, 3.05) is 11.5 Å². The van der Waals surface area contributed by atoms with Gasteiger partial charge in [-0.1, -0.05) is 38.0 Å². The van der Waals surface area contributed by atoms with Gasteiger partial charge in [0, 0.05) is 5.69 Å². The van der Waals surface area contributed by atoms with Crippen molar-refractivity contribution in [3.63, 3.8) is 0 Å². The van der Waals surface area contributed by atoms with Crippen LogP contribution in [0.25, 0.3) is 0 Å². The third-order valence-electron chi connectivity index (χ3n) is 3.17. The quantitative estimate of drug-likeness (QED) is 0.794. The predicted octanol–water partition coefficient (Wildman–Crippen LogP) is 3.68. The second kappa shape index (κ2) is 9.00. The summed E-state index contributed by atoms with van der Waals surface area (Å²) in [5.74, 6) is -0.915. The number of aliphatic carboxylic acids is 1. The normalized spacial score (nSPS) is 11.7. The average molecular weight is 293 g/mol. The molecule has 1 aromatic carbocycles. The molecule has 0 aliphatic carbocycles. The Hall–Kier alpha value is -2.04. The van der Waals surface area contributed by atoms with Crippen LogP contribution >= 0.6 is 0 Å². The first-order valence-electron chi connectivity index (χ1n) is 7.33. The molecule has 0 spiro atoms. The maximum Gasteiger partial charge on any atom is 0.414 e. The van der Waals surface area contributed by atoms with E-state index in [0.717, 1.165) is 12.8 Å². The zero-order chi connectivity index (χ0) is 15.7. The SMILES string of the molecule is CCCCC(CC(=O)O)N(C(=O)OCC)c1ccccc1. The largest absolute Gasteiger partial charge is 0.481 e. The molecule has 0 heterocycles. The van der Waals surface area contributed by atoms with Crippen molar-refractivity contribution in [2.24, 2.45) is 0 Å². The third kappa shape index (κ3) is 5.45. The van der Waals surface area contributed by atoms with Crippen LogP contribution in [-0.4, -0.2) is 29.8 Å². The average Bonchev–Trinajstić information content (AvgIpc) is 2.45. The molecule has 0 aromatic heterocycles. The van der Waals surface area contributed by atoms with E-state index in [1.54, 1.807) is 19.1 Å². The number of ether oxygens (including phenoxy) is 1. The summed E-state index contributed by atoms with van der Waals surface area (Å²) in [6.45, 7) is 4.03. The number of nitrogens with zero attached hydrogens (tertiary/aromatic N) is 1. The van der Waals surface area contributed by atoms with Crippen LogP contribution in [0.3, 0.4) is 0 Å².